The molecule has 0 aliphatic carbocycles. The molecule has 1 aromatic rings. The first-order valence-electron chi connectivity index (χ1n) is 7.24. The molecule has 116 valence electrons. The first-order valence-corrected chi connectivity index (χ1v) is 7.24. The van der Waals surface area contributed by atoms with Crippen LogP contribution in [0.1, 0.15) is 12.5 Å². The van der Waals surface area contributed by atoms with E-state index in [1.54, 1.807) is 7.05 Å². The van der Waals surface area contributed by atoms with Gasteiger partial charge < -0.3 is 25.0 Å². The number of hydrogen-bond donors (Lipinski definition) is 2. The second-order valence-electron chi connectivity index (χ2n) is 4.94. The van der Waals surface area contributed by atoms with Gasteiger partial charge in [0.1, 0.15) is 0 Å². The zero-order valence-electron chi connectivity index (χ0n) is 13.0. The van der Waals surface area contributed by atoms with Gasteiger partial charge in [0.05, 0.1) is 0 Å². The van der Waals surface area contributed by atoms with Crippen molar-refractivity contribution in [3.63, 3.8) is 0 Å². The van der Waals surface area contributed by atoms with Crippen molar-refractivity contribution < 1.29 is 9.47 Å². The van der Waals surface area contributed by atoms with Gasteiger partial charge in [0.25, 0.3) is 0 Å². The van der Waals surface area contributed by atoms with Crippen molar-refractivity contribution in [2.75, 3.05) is 40.5 Å². The number of likely N-dealkylation sites (N-methyl/N-ethyl adjacent to an activating group) is 1. The molecule has 0 atom stereocenters. The standard InChI is InChI=1S/C15H24N4O2/c1-4-19(3)8-7-17-15(16-2)18-10-12-5-6-13-14(9-12)21-11-20-13/h5-6,9H,4,7-8,10-11H2,1-3H3,(H2,16,17,18). The molecular weight excluding hydrogens is 268 g/mol. The number of nitrogens with one attached hydrogen (secondary N) is 2. The second kappa shape index (κ2) is 7.73. The molecule has 1 aromatic carbocycles. The van der Waals surface area contributed by atoms with Crippen LogP contribution in [-0.4, -0.2) is 51.4 Å². The summed E-state index contributed by atoms with van der Waals surface area (Å²) in [5.41, 5.74) is 1.13. The highest BCUT2D eigenvalue weighted by Crippen LogP contribution is 2.32. The molecule has 0 fully saturated rings. The summed E-state index contributed by atoms with van der Waals surface area (Å²) in [5, 5.41) is 6.59. The lowest BCUT2D eigenvalue weighted by molar-refractivity contribution is 0.174. The average molecular weight is 292 g/mol. The molecule has 0 aromatic heterocycles. The van der Waals surface area contributed by atoms with E-state index in [1.165, 1.54) is 0 Å². The van der Waals surface area contributed by atoms with Gasteiger partial charge >= 0.3 is 0 Å². The summed E-state index contributed by atoms with van der Waals surface area (Å²) < 4.78 is 10.7. The predicted octanol–water partition coefficient (Wildman–Crippen LogP) is 1.03. The molecule has 6 heteroatoms. The molecular formula is C15H24N4O2. The number of aliphatic imine (C=N–C) groups is 1. The SMILES string of the molecule is CCN(C)CCNC(=NC)NCc1ccc2c(c1)OCO2. The molecule has 0 unspecified atom stereocenters. The normalized spacial score (nSPS) is 13.6. The first-order chi connectivity index (χ1) is 10.2. The minimum absolute atomic E-state index is 0.306. The third kappa shape index (κ3) is 4.53. The number of benzene rings is 1. The molecule has 0 saturated heterocycles. The Labute approximate surface area is 126 Å². The zero-order chi connectivity index (χ0) is 15.1. The zero-order valence-corrected chi connectivity index (χ0v) is 13.0. The van der Waals surface area contributed by atoms with E-state index < -0.39 is 0 Å². The summed E-state index contributed by atoms with van der Waals surface area (Å²) in [5.74, 6) is 2.42. The molecule has 1 aliphatic heterocycles. The number of fused-ring (bicyclic) bond motifs is 1. The van der Waals surface area contributed by atoms with Gasteiger partial charge in [-0.15, -0.1) is 0 Å². The van der Waals surface area contributed by atoms with Gasteiger partial charge in [-0.1, -0.05) is 13.0 Å². The summed E-state index contributed by atoms with van der Waals surface area (Å²) in [6, 6.07) is 5.96. The van der Waals surface area contributed by atoms with Gasteiger partial charge in [0, 0.05) is 26.7 Å². The van der Waals surface area contributed by atoms with Crippen molar-refractivity contribution in [3.8, 4) is 11.5 Å². The molecule has 6 nitrogen and oxygen atoms in total. The van der Waals surface area contributed by atoms with Crippen LogP contribution in [-0.2, 0) is 6.54 Å². The Morgan fingerprint density at radius 2 is 2.10 bits per heavy atom. The van der Waals surface area contributed by atoms with Crippen LogP contribution in [0.2, 0.25) is 0 Å². The number of nitrogens with zero attached hydrogens (tertiary/aromatic N) is 2. The summed E-state index contributed by atoms with van der Waals surface area (Å²) in [6.45, 7) is 6.05. The van der Waals surface area contributed by atoms with Crippen LogP contribution in [0, 0.1) is 0 Å². The molecule has 0 spiro atoms. The highest BCUT2D eigenvalue weighted by atomic mass is 16.7. The van der Waals surface area contributed by atoms with E-state index in [2.05, 4.69) is 34.5 Å². The lowest BCUT2D eigenvalue weighted by atomic mass is 10.2. The molecule has 1 heterocycles. The van der Waals surface area contributed by atoms with Gasteiger partial charge in [-0.05, 0) is 31.3 Å². The largest absolute Gasteiger partial charge is 0.454 e. The van der Waals surface area contributed by atoms with Crippen molar-refractivity contribution in [2.45, 2.75) is 13.5 Å². The van der Waals surface area contributed by atoms with Crippen molar-refractivity contribution in [1.82, 2.24) is 15.5 Å². The maximum atomic E-state index is 5.37. The number of rotatable bonds is 6. The molecule has 0 radical (unpaired) electrons. The second-order valence-corrected chi connectivity index (χ2v) is 4.94. The van der Waals surface area contributed by atoms with E-state index in [9.17, 15) is 0 Å². The van der Waals surface area contributed by atoms with Crippen LogP contribution in [0.3, 0.4) is 0 Å². The van der Waals surface area contributed by atoms with Crippen molar-refractivity contribution >= 4 is 5.96 Å². The Hall–Kier alpha value is -1.95. The Morgan fingerprint density at radius 1 is 1.29 bits per heavy atom. The maximum absolute atomic E-state index is 5.37. The fourth-order valence-electron chi connectivity index (χ4n) is 1.98. The monoisotopic (exact) mass is 292 g/mol. The highest BCUT2D eigenvalue weighted by Gasteiger charge is 2.13. The fourth-order valence-corrected chi connectivity index (χ4v) is 1.98. The third-order valence-electron chi connectivity index (χ3n) is 3.45. The maximum Gasteiger partial charge on any atom is 0.231 e. The van der Waals surface area contributed by atoms with Crippen LogP contribution in [0.15, 0.2) is 23.2 Å². The first kappa shape index (κ1) is 15.4. The summed E-state index contributed by atoms with van der Waals surface area (Å²) in [7, 11) is 3.88. The van der Waals surface area contributed by atoms with Crippen molar-refractivity contribution in [2.24, 2.45) is 4.99 Å². The van der Waals surface area contributed by atoms with Gasteiger partial charge in [0.2, 0.25) is 6.79 Å². The smallest absolute Gasteiger partial charge is 0.231 e. The molecule has 2 rings (SSSR count). The van der Waals surface area contributed by atoms with Crippen LogP contribution in [0.5, 0.6) is 11.5 Å². The van der Waals surface area contributed by atoms with E-state index >= 15 is 0 Å². The highest BCUT2D eigenvalue weighted by molar-refractivity contribution is 5.79. The molecule has 1 aliphatic rings. The van der Waals surface area contributed by atoms with Crippen LogP contribution >= 0.6 is 0 Å². The minimum Gasteiger partial charge on any atom is -0.454 e. The summed E-state index contributed by atoms with van der Waals surface area (Å²) in [4.78, 5) is 6.47. The number of guanidine groups is 1. The molecule has 21 heavy (non-hydrogen) atoms. The molecule has 0 saturated carbocycles. The number of ether oxygens (including phenoxy) is 2. The summed E-state index contributed by atoms with van der Waals surface area (Å²) in [6.07, 6.45) is 0. The van der Waals surface area contributed by atoms with Crippen LogP contribution in [0.4, 0.5) is 0 Å². The van der Waals surface area contributed by atoms with E-state index in [-0.39, 0.29) is 0 Å². The molecule has 0 bridgehead atoms. The Balaban J connectivity index is 1.78. The van der Waals surface area contributed by atoms with Crippen LogP contribution < -0.4 is 20.1 Å². The van der Waals surface area contributed by atoms with Gasteiger partial charge in [-0.2, -0.15) is 0 Å². The Kier molecular flexibility index (Phi) is 5.68. The quantitative estimate of drug-likeness (QED) is 0.606. The van der Waals surface area contributed by atoms with Gasteiger partial charge in [0.15, 0.2) is 17.5 Å². The average Bonchev–Trinajstić information content (AvgIpc) is 2.97. The van der Waals surface area contributed by atoms with E-state index in [4.69, 9.17) is 9.47 Å². The molecule has 0 amide bonds. The van der Waals surface area contributed by atoms with E-state index in [0.29, 0.717) is 13.3 Å². The molecule has 2 N–H and O–H groups in total. The van der Waals surface area contributed by atoms with Crippen LogP contribution in [0.25, 0.3) is 0 Å². The number of hydrogen-bond acceptors (Lipinski definition) is 4. The predicted molar refractivity (Wildman–Crippen MR) is 83.9 cm³/mol. The lowest BCUT2D eigenvalue weighted by Crippen LogP contribution is -2.40. The van der Waals surface area contributed by atoms with Gasteiger partial charge in [-0.25, -0.2) is 0 Å². The van der Waals surface area contributed by atoms with Gasteiger partial charge in [-0.3, -0.25) is 4.99 Å². The van der Waals surface area contributed by atoms with Crippen molar-refractivity contribution in [1.29, 1.82) is 0 Å². The Morgan fingerprint density at radius 3 is 2.86 bits per heavy atom. The van der Waals surface area contributed by atoms with E-state index in [1.807, 2.05) is 18.2 Å². The van der Waals surface area contributed by atoms with Crippen molar-refractivity contribution in [3.05, 3.63) is 23.8 Å². The Bertz CT molecular complexity index is 491. The van der Waals surface area contributed by atoms with E-state index in [0.717, 1.165) is 42.7 Å². The lowest BCUT2D eigenvalue weighted by Gasteiger charge is -2.16. The minimum atomic E-state index is 0.306. The topological polar surface area (TPSA) is 58.1 Å². The third-order valence-corrected chi connectivity index (χ3v) is 3.45. The summed E-state index contributed by atoms with van der Waals surface area (Å²) >= 11 is 0. The fraction of sp³-hybridized carbons (Fsp3) is 0.533.